The Morgan fingerprint density at radius 2 is 1.67 bits per heavy atom. The largest absolute Gasteiger partial charge is 0.349 e. The summed E-state index contributed by atoms with van der Waals surface area (Å²) in [4.78, 5) is 55.0. The van der Waals surface area contributed by atoms with Crippen molar-refractivity contribution in [2.45, 2.75) is 72.0 Å². The van der Waals surface area contributed by atoms with Crippen LogP contribution in [0.4, 0.5) is 0 Å². The summed E-state index contributed by atoms with van der Waals surface area (Å²) >= 11 is 0. The highest BCUT2D eigenvalue weighted by atomic mass is 31.2. The van der Waals surface area contributed by atoms with Crippen LogP contribution < -0.4 is 21.7 Å². The average Bonchev–Trinajstić information content (AvgIpc) is 2.66. The third-order valence-electron chi connectivity index (χ3n) is 3.93. The van der Waals surface area contributed by atoms with Crippen molar-refractivity contribution in [1.82, 2.24) is 16.0 Å². The summed E-state index contributed by atoms with van der Waals surface area (Å²) in [7, 11) is -2.26. The molecule has 9 nitrogen and oxygen atoms in total. The van der Waals surface area contributed by atoms with Crippen LogP contribution in [0.15, 0.2) is 24.8 Å². The number of hydrogen-bond acceptors (Lipinski definition) is 6. The van der Waals surface area contributed by atoms with Gasteiger partial charge in [-0.2, -0.15) is 0 Å². The lowest BCUT2D eigenvalue weighted by Crippen LogP contribution is -2.57. The summed E-state index contributed by atoms with van der Waals surface area (Å²) in [6.07, 6.45) is 3.39. The number of rotatable bonds is 12. The van der Waals surface area contributed by atoms with E-state index >= 15 is 0 Å². The maximum Gasteiger partial charge on any atom is 0.243 e. The highest BCUT2D eigenvalue weighted by Gasteiger charge is 2.30. The first kappa shape index (κ1) is 30.4. The Balaban J connectivity index is 0. The van der Waals surface area contributed by atoms with Crippen molar-refractivity contribution in [3.8, 4) is 0 Å². The molecule has 0 aromatic carbocycles. The Bertz CT molecular complexity index is 569. The van der Waals surface area contributed by atoms with Crippen LogP contribution in [-0.4, -0.2) is 51.9 Å². The summed E-state index contributed by atoms with van der Waals surface area (Å²) in [6, 6.07) is -2.63. The zero-order valence-electron chi connectivity index (χ0n) is 18.8. The molecule has 0 fully saturated rings. The van der Waals surface area contributed by atoms with E-state index in [0.717, 1.165) is 6.42 Å². The lowest BCUT2D eigenvalue weighted by atomic mass is 10.0. The molecule has 3 unspecified atom stereocenters. The van der Waals surface area contributed by atoms with Crippen molar-refractivity contribution in [1.29, 1.82) is 0 Å². The number of unbranched alkanes of at least 4 members (excludes halogenated alkanes) is 1. The van der Waals surface area contributed by atoms with Gasteiger partial charge in [0.05, 0.1) is 6.29 Å². The first-order valence-electron chi connectivity index (χ1n) is 9.94. The van der Waals surface area contributed by atoms with Crippen LogP contribution in [0.25, 0.3) is 0 Å². The quantitative estimate of drug-likeness (QED) is 0.196. The molecule has 0 aliphatic carbocycles. The second-order valence-corrected chi connectivity index (χ2v) is 8.30. The van der Waals surface area contributed by atoms with Gasteiger partial charge in [0.2, 0.25) is 17.7 Å². The van der Waals surface area contributed by atoms with E-state index in [1.165, 1.54) is 0 Å². The van der Waals surface area contributed by atoms with Gasteiger partial charge in [-0.05, 0) is 26.2 Å². The van der Waals surface area contributed by atoms with E-state index in [1.807, 2.05) is 13.8 Å². The molecule has 0 saturated heterocycles. The number of carbonyl (C=O) groups excluding carboxylic acids is 3. The molecular formula is C20H39N4O5P. The van der Waals surface area contributed by atoms with E-state index in [2.05, 4.69) is 29.1 Å². The van der Waals surface area contributed by atoms with Gasteiger partial charge >= 0.3 is 0 Å². The van der Waals surface area contributed by atoms with Gasteiger partial charge in [-0.3, -0.25) is 14.4 Å². The summed E-state index contributed by atoms with van der Waals surface area (Å²) in [6.45, 7) is 16.0. The van der Waals surface area contributed by atoms with Crippen molar-refractivity contribution in [3.05, 3.63) is 24.8 Å². The zero-order chi connectivity index (χ0) is 23.9. The molecule has 0 bridgehead atoms. The van der Waals surface area contributed by atoms with E-state index in [-0.39, 0.29) is 12.2 Å². The molecule has 0 aliphatic heterocycles. The van der Waals surface area contributed by atoms with E-state index in [9.17, 15) is 14.4 Å². The van der Waals surface area contributed by atoms with Crippen LogP contribution in [0.1, 0.15) is 53.9 Å². The van der Waals surface area contributed by atoms with E-state index in [0.29, 0.717) is 18.4 Å². The number of amides is 3. The fourth-order valence-electron chi connectivity index (χ4n) is 2.21. The predicted molar refractivity (Wildman–Crippen MR) is 121 cm³/mol. The monoisotopic (exact) mass is 446 g/mol. The first-order valence-corrected chi connectivity index (χ1v) is 11.4. The van der Waals surface area contributed by atoms with Crippen molar-refractivity contribution in [2.75, 3.05) is 6.29 Å². The van der Waals surface area contributed by atoms with Crippen LogP contribution in [0, 0.1) is 5.92 Å². The fraction of sp³-hybridized carbons (Fsp3) is 0.650. The van der Waals surface area contributed by atoms with Gasteiger partial charge in [0.15, 0.2) is 8.38 Å². The normalized spacial score (nSPS) is 13.4. The van der Waals surface area contributed by atoms with E-state index < -0.39 is 44.2 Å². The minimum Gasteiger partial charge on any atom is -0.349 e. The number of nitrogens with two attached hydrogens (primary N) is 1. The van der Waals surface area contributed by atoms with Gasteiger partial charge in [0.1, 0.15) is 18.1 Å². The van der Waals surface area contributed by atoms with Gasteiger partial charge in [-0.25, -0.2) is 0 Å². The van der Waals surface area contributed by atoms with Crippen molar-refractivity contribution < 1.29 is 24.2 Å². The molecule has 0 aromatic rings. The molecule has 7 N–H and O–H groups in total. The predicted octanol–water partition coefficient (Wildman–Crippen LogP) is 1.27. The Hall–Kier alpha value is -1.80. The average molecular weight is 447 g/mol. The Morgan fingerprint density at radius 3 is 2.07 bits per heavy atom. The molecule has 10 heteroatoms. The fourth-order valence-corrected chi connectivity index (χ4v) is 2.51. The molecule has 3 atom stereocenters. The van der Waals surface area contributed by atoms with Crippen molar-refractivity contribution in [3.63, 3.8) is 0 Å². The van der Waals surface area contributed by atoms with Gasteiger partial charge < -0.3 is 31.5 Å². The van der Waals surface area contributed by atoms with E-state index in [4.69, 9.17) is 15.5 Å². The minimum atomic E-state index is -2.26. The molecule has 0 aliphatic rings. The lowest BCUT2D eigenvalue weighted by Gasteiger charge is -2.26. The number of carbonyl (C=O) groups is 3. The Kier molecular flexibility index (Phi) is 17.2. The van der Waals surface area contributed by atoms with Crippen LogP contribution in [0.5, 0.6) is 0 Å². The standard InChI is InChI=1S/C17H33N4O5P.C3H6/c1-6-7-8-12(15(22)19-9-27(25)26)20-17(24)14(11(4)5)21-16(23)13(18)10(2)3;1-3-2/h11-14,25-26H,2,6-9,18H2,1,3-5H3,(H,19,22)(H,20,24)(H,21,23);3H,1H2,2H3. The van der Waals surface area contributed by atoms with E-state index in [1.54, 1.807) is 26.8 Å². The van der Waals surface area contributed by atoms with Crippen LogP contribution in [0.3, 0.4) is 0 Å². The maximum absolute atomic E-state index is 12.7. The molecule has 3 amide bonds. The summed E-state index contributed by atoms with van der Waals surface area (Å²) in [5, 5.41) is 7.64. The first-order chi connectivity index (χ1) is 13.9. The molecule has 174 valence electrons. The molecule has 0 rings (SSSR count). The molecule has 0 radical (unpaired) electrons. The molecular weight excluding hydrogens is 407 g/mol. The topological polar surface area (TPSA) is 154 Å². The molecule has 0 saturated carbocycles. The molecule has 0 heterocycles. The van der Waals surface area contributed by atoms with Crippen LogP contribution in [-0.2, 0) is 14.4 Å². The molecule has 30 heavy (non-hydrogen) atoms. The van der Waals surface area contributed by atoms with Crippen molar-refractivity contribution >= 4 is 26.1 Å². The molecule has 0 aromatic heterocycles. The lowest BCUT2D eigenvalue weighted by molar-refractivity contribution is -0.133. The SMILES string of the molecule is C=C(C)C(N)C(=O)NC(C(=O)NC(CCCC)C(=O)NCP(O)O)C(C)C.C=CC. The summed E-state index contributed by atoms with van der Waals surface area (Å²) < 4.78 is 0. The maximum atomic E-state index is 12.7. The van der Waals surface area contributed by atoms with Crippen LogP contribution in [0.2, 0.25) is 0 Å². The van der Waals surface area contributed by atoms with Gasteiger partial charge in [0, 0.05) is 0 Å². The third kappa shape index (κ3) is 13.4. The summed E-state index contributed by atoms with van der Waals surface area (Å²) in [5.41, 5.74) is 6.21. The number of allylic oxidation sites excluding steroid dienone is 1. The van der Waals surface area contributed by atoms with Gasteiger partial charge in [-0.15, -0.1) is 6.58 Å². The third-order valence-corrected chi connectivity index (χ3v) is 4.38. The van der Waals surface area contributed by atoms with Gasteiger partial charge in [0.25, 0.3) is 0 Å². The smallest absolute Gasteiger partial charge is 0.243 e. The van der Waals surface area contributed by atoms with Gasteiger partial charge in [-0.1, -0.05) is 51.8 Å². The Morgan fingerprint density at radius 1 is 1.13 bits per heavy atom. The number of hydrogen-bond donors (Lipinski definition) is 6. The Labute approximate surface area is 181 Å². The highest BCUT2D eigenvalue weighted by Crippen LogP contribution is 2.19. The number of nitrogens with one attached hydrogen (secondary N) is 3. The summed E-state index contributed by atoms with van der Waals surface area (Å²) in [5.74, 6) is -1.75. The second kappa shape index (κ2) is 16.9. The zero-order valence-corrected chi connectivity index (χ0v) is 19.7. The second-order valence-electron chi connectivity index (χ2n) is 7.24. The minimum absolute atomic E-state index is 0.233. The molecule has 0 spiro atoms. The highest BCUT2D eigenvalue weighted by molar-refractivity contribution is 7.45. The van der Waals surface area contributed by atoms with Crippen LogP contribution >= 0.6 is 8.38 Å². The van der Waals surface area contributed by atoms with Crippen molar-refractivity contribution in [2.24, 2.45) is 11.7 Å².